The molecule has 0 aromatic rings. The van der Waals surface area contributed by atoms with E-state index in [0.29, 0.717) is 5.92 Å². The molecule has 0 saturated carbocycles. The van der Waals surface area contributed by atoms with Gasteiger partial charge in [-0.2, -0.15) is 0 Å². The van der Waals surface area contributed by atoms with Gasteiger partial charge >= 0.3 is 6.09 Å². The number of likely N-dealkylation sites (tertiary alicyclic amines) is 1. The molecule has 17 heavy (non-hydrogen) atoms. The lowest BCUT2D eigenvalue weighted by Crippen LogP contribution is -2.42. The van der Waals surface area contributed by atoms with Crippen molar-refractivity contribution in [3.8, 4) is 0 Å². The van der Waals surface area contributed by atoms with Gasteiger partial charge in [-0.25, -0.2) is 4.79 Å². The lowest BCUT2D eigenvalue weighted by molar-refractivity contribution is 0.0159. The quantitative estimate of drug-likeness (QED) is 0.828. The van der Waals surface area contributed by atoms with Crippen molar-refractivity contribution in [2.45, 2.75) is 52.1 Å². The number of rotatable bonds is 3. The molecule has 1 fully saturated rings. The lowest BCUT2D eigenvalue weighted by Gasteiger charge is -2.34. The van der Waals surface area contributed by atoms with Crippen LogP contribution in [-0.4, -0.2) is 41.4 Å². The zero-order valence-corrected chi connectivity index (χ0v) is 11.2. The number of aliphatic hydroxyl groups is 1. The summed E-state index contributed by atoms with van der Waals surface area (Å²) in [5, 5.41) is 8.82. The molecule has 1 amide bonds. The summed E-state index contributed by atoms with van der Waals surface area (Å²) in [7, 11) is 0. The minimum Gasteiger partial charge on any atom is -0.444 e. The topological polar surface area (TPSA) is 49.8 Å². The van der Waals surface area contributed by atoms with Gasteiger partial charge in [0.05, 0.1) is 0 Å². The molecule has 1 aliphatic rings. The van der Waals surface area contributed by atoms with E-state index in [4.69, 9.17) is 9.84 Å². The van der Waals surface area contributed by atoms with Crippen LogP contribution in [0.2, 0.25) is 0 Å². The molecular formula is C13H25NO3. The Hall–Kier alpha value is -0.770. The largest absolute Gasteiger partial charge is 0.444 e. The monoisotopic (exact) mass is 243 g/mol. The summed E-state index contributed by atoms with van der Waals surface area (Å²) < 4.78 is 5.37. The Bertz CT molecular complexity index is 248. The van der Waals surface area contributed by atoms with E-state index < -0.39 is 5.60 Å². The van der Waals surface area contributed by atoms with Crippen molar-refractivity contribution in [1.29, 1.82) is 0 Å². The minimum absolute atomic E-state index is 0.203. The molecule has 1 aliphatic heterocycles. The van der Waals surface area contributed by atoms with Gasteiger partial charge in [0.15, 0.2) is 0 Å². The number of hydrogen-bond acceptors (Lipinski definition) is 3. The summed E-state index contributed by atoms with van der Waals surface area (Å²) in [5.41, 5.74) is -0.422. The first-order valence-electron chi connectivity index (χ1n) is 6.51. The van der Waals surface area contributed by atoms with Crippen LogP contribution in [0.15, 0.2) is 0 Å². The molecule has 0 radical (unpaired) electrons. The zero-order chi connectivity index (χ0) is 12.9. The second-order valence-corrected chi connectivity index (χ2v) is 5.80. The average Bonchev–Trinajstić information content (AvgIpc) is 2.24. The van der Waals surface area contributed by atoms with Crippen LogP contribution >= 0.6 is 0 Å². The molecule has 1 atom stereocenters. The third-order valence-electron chi connectivity index (χ3n) is 2.94. The first kappa shape index (κ1) is 14.3. The van der Waals surface area contributed by atoms with Crippen LogP contribution in [0.5, 0.6) is 0 Å². The third kappa shape index (κ3) is 5.39. The number of hydrogen-bond donors (Lipinski definition) is 1. The van der Waals surface area contributed by atoms with Crippen LogP contribution in [0, 0.1) is 5.92 Å². The molecule has 0 aromatic heterocycles. The number of nitrogens with zero attached hydrogens (tertiary/aromatic N) is 1. The second kappa shape index (κ2) is 6.24. The Balaban J connectivity index is 2.40. The molecule has 0 unspecified atom stereocenters. The molecule has 1 heterocycles. The molecule has 1 rings (SSSR count). The van der Waals surface area contributed by atoms with Gasteiger partial charge < -0.3 is 14.7 Å². The van der Waals surface area contributed by atoms with Gasteiger partial charge in [0, 0.05) is 19.7 Å². The molecule has 100 valence electrons. The smallest absolute Gasteiger partial charge is 0.410 e. The standard InChI is InChI=1S/C13H25NO3/c1-13(2,3)17-12(16)14-8-4-6-11(10-14)7-5-9-15/h11,15H,4-10H2,1-3H3/t11-/m1/s1. The maximum Gasteiger partial charge on any atom is 0.410 e. The number of ether oxygens (including phenoxy) is 1. The van der Waals surface area contributed by atoms with Crippen molar-refractivity contribution >= 4 is 6.09 Å². The summed E-state index contributed by atoms with van der Waals surface area (Å²) in [6.45, 7) is 7.47. The summed E-state index contributed by atoms with van der Waals surface area (Å²) in [6.07, 6.45) is 3.81. The summed E-state index contributed by atoms with van der Waals surface area (Å²) in [4.78, 5) is 13.7. The first-order chi connectivity index (χ1) is 7.92. The highest BCUT2D eigenvalue weighted by Gasteiger charge is 2.27. The number of carbonyl (C=O) groups excluding carboxylic acids is 1. The van der Waals surface area contributed by atoms with Crippen LogP contribution in [0.3, 0.4) is 0 Å². The molecule has 4 nitrogen and oxygen atoms in total. The van der Waals surface area contributed by atoms with Gasteiger partial charge in [0.1, 0.15) is 5.60 Å². The normalized spacial score (nSPS) is 21.4. The van der Waals surface area contributed by atoms with Crippen LogP contribution in [-0.2, 0) is 4.74 Å². The van der Waals surface area contributed by atoms with Gasteiger partial charge in [-0.1, -0.05) is 0 Å². The fourth-order valence-corrected chi connectivity index (χ4v) is 2.17. The predicted molar refractivity (Wildman–Crippen MR) is 66.9 cm³/mol. The SMILES string of the molecule is CC(C)(C)OC(=O)N1CCC[C@H](CCCO)C1. The van der Waals surface area contributed by atoms with E-state index >= 15 is 0 Å². The van der Waals surface area contributed by atoms with Crippen LogP contribution < -0.4 is 0 Å². The van der Waals surface area contributed by atoms with E-state index in [0.717, 1.165) is 38.8 Å². The van der Waals surface area contributed by atoms with E-state index in [-0.39, 0.29) is 12.7 Å². The molecule has 4 heteroatoms. The Morgan fingerprint density at radius 1 is 1.47 bits per heavy atom. The van der Waals surface area contributed by atoms with E-state index in [9.17, 15) is 4.79 Å². The van der Waals surface area contributed by atoms with Crippen LogP contribution in [0.1, 0.15) is 46.5 Å². The van der Waals surface area contributed by atoms with Crippen molar-refractivity contribution in [2.75, 3.05) is 19.7 Å². The molecular weight excluding hydrogens is 218 g/mol. The molecule has 0 bridgehead atoms. The van der Waals surface area contributed by atoms with Crippen molar-refractivity contribution in [3.05, 3.63) is 0 Å². The highest BCUT2D eigenvalue weighted by atomic mass is 16.6. The van der Waals surface area contributed by atoms with Crippen molar-refractivity contribution in [1.82, 2.24) is 4.90 Å². The minimum atomic E-state index is -0.422. The third-order valence-corrected chi connectivity index (χ3v) is 2.94. The summed E-state index contributed by atoms with van der Waals surface area (Å²) in [5.74, 6) is 0.517. The highest BCUT2D eigenvalue weighted by molar-refractivity contribution is 5.68. The molecule has 0 aromatic carbocycles. The summed E-state index contributed by atoms with van der Waals surface area (Å²) >= 11 is 0. The number of piperidine rings is 1. The van der Waals surface area contributed by atoms with E-state index in [1.54, 1.807) is 4.90 Å². The Labute approximate surface area is 104 Å². The molecule has 0 spiro atoms. The van der Waals surface area contributed by atoms with E-state index in [1.807, 2.05) is 20.8 Å². The van der Waals surface area contributed by atoms with Crippen molar-refractivity contribution in [2.24, 2.45) is 5.92 Å². The highest BCUT2D eigenvalue weighted by Crippen LogP contribution is 2.22. The van der Waals surface area contributed by atoms with E-state index in [1.165, 1.54) is 0 Å². The van der Waals surface area contributed by atoms with Gasteiger partial charge in [-0.3, -0.25) is 0 Å². The number of aliphatic hydroxyl groups excluding tert-OH is 1. The molecule has 1 saturated heterocycles. The predicted octanol–water partition coefficient (Wildman–Crippen LogP) is 2.41. The Kier molecular flexibility index (Phi) is 5.25. The van der Waals surface area contributed by atoms with Crippen molar-refractivity contribution in [3.63, 3.8) is 0 Å². The van der Waals surface area contributed by atoms with E-state index in [2.05, 4.69) is 0 Å². The van der Waals surface area contributed by atoms with Gasteiger partial charge in [0.25, 0.3) is 0 Å². The zero-order valence-electron chi connectivity index (χ0n) is 11.2. The lowest BCUT2D eigenvalue weighted by atomic mass is 9.94. The van der Waals surface area contributed by atoms with Crippen LogP contribution in [0.4, 0.5) is 4.79 Å². The van der Waals surface area contributed by atoms with Gasteiger partial charge in [-0.15, -0.1) is 0 Å². The summed E-state index contributed by atoms with van der Waals surface area (Å²) in [6, 6.07) is 0. The maximum absolute atomic E-state index is 11.9. The average molecular weight is 243 g/mol. The Morgan fingerprint density at radius 2 is 2.18 bits per heavy atom. The Morgan fingerprint density at radius 3 is 2.76 bits per heavy atom. The fraction of sp³-hybridized carbons (Fsp3) is 0.923. The maximum atomic E-state index is 11.9. The molecule has 1 N–H and O–H groups in total. The van der Waals surface area contributed by atoms with Crippen molar-refractivity contribution < 1.29 is 14.6 Å². The molecule has 0 aliphatic carbocycles. The number of amides is 1. The van der Waals surface area contributed by atoms with Gasteiger partial charge in [0.2, 0.25) is 0 Å². The van der Waals surface area contributed by atoms with Crippen LogP contribution in [0.25, 0.3) is 0 Å². The second-order valence-electron chi connectivity index (χ2n) is 5.80. The fourth-order valence-electron chi connectivity index (χ4n) is 2.17. The van der Waals surface area contributed by atoms with Gasteiger partial charge in [-0.05, 0) is 52.4 Å². The number of carbonyl (C=O) groups is 1. The first-order valence-corrected chi connectivity index (χ1v) is 6.51.